The summed E-state index contributed by atoms with van der Waals surface area (Å²) in [6.45, 7) is 3.91. The van der Waals surface area contributed by atoms with Gasteiger partial charge in [-0.3, -0.25) is 9.59 Å². The van der Waals surface area contributed by atoms with Crippen LogP contribution in [-0.2, 0) is 4.79 Å². The van der Waals surface area contributed by atoms with Crippen LogP contribution in [0.3, 0.4) is 0 Å². The fraction of sp³-hybridized carbons (Fsp3) is 0.429. The fourth-order valence-corrected chi connectivity index (χ4v) is 1.85. The van der Waals surface area contributed by atoms with Crippen LogP contribution in [0, 0.1) is 11.7 Å². The lowest BCUT2D eigenvalue weighted by molar-refractivity contribution is -0.122. The number of amides is 2. The molecule has 0 aliphatic heterocycles. The van der Waals surface area contributed by atoms with E-state index in [0.29, 0.717) is 6.42 Å². The minimum Gasteiger partial charge on any atom is -0.398 e. The van der Waals surface area contributed by atoms with Crippen LogP contribution in [0.5, 0.6) is 0 Å². The van der Waals surface area contributed by atoms with E-state index in [1.165, 1.54) is 13.1 Å². The van der Waals surface area contributed by atoms with Crippen molar-refractivity contribution in [3.63, 3.8) is 0 Å². The first-order valence-corrected chi connectivity index (χ1v) is 6.42. The van der Waals surface area contributed by atoms with E-state index in [-0.39, 0.29) is 23.1 Å². The number of rotatable bonds is 5. The average Bonchev–Trinajstić information content (AvgIpc) is 2.36. The van der Waals surface area contributed by atoms with Gasteiger partial charge < -0.3 is 16.4 Å². The van der Waals surface area contributed by atoms with E-state index < -0.39 is 17.8 Å². The SMILES string of the molecule is CNC(=O)C(CC(C)C)NC(=O)c1ccc(F)cc1N. The van der Waals surface area contributed by atoms with Gasteiger partial charge in [0.05, 0.1) is 5.56 Å². The first kappa shape index (κ1) is 15.9. The van der Waals surface area contributed by atoms with E-state index in [1.54, 1.807) is 0 Å². The summed E-state index contributed by atoms with van der Waals surface area (Å²) >= 11 is 0. The minimum atomic E-state index is -0.642. The summed E-state index contributed by atoms with van der Waals surface area (Å²) in [7, 11) is 1.51. The number of carbonyl (C=O) groups excluding carboxylic acids is 2. The lowest BCUT2D eigenvalue weighted by Gasteiger charge is -2.19. The highest BCUT2D eigenvalue weighted by molar-refractivity contribution is 6.01. The molecule has 0 saturated heterocycles. The van der Waals surface area contributed by atoms with Crippen molar-refractivity contribution in [3.8, 4) is 0 Å². The number of anilines is 1. The molecule has 1 aromatic rings. The van der Waals surface area contributed by atoms with Crippen molar-refractivity contribution in [1.82, 2.24) is 10.6 Å². The maximum atomic E-state index is 13.0. The largest absolute Gasteiger partial charge is 0.398 e. The number of hydrogen-bond donors (Lipinski definition) is 3. The molecule has 4 N–H and O–H groups in total. The van der Waals surface area contributed by atoms with E-state index in [2.05, 4.69) is 10.6 Å². The molecule has 0 aliphatic carbocycles. The van der Waals surface area contributed by atoms with Crippen LogP contribution < -0.4 is 16.4 Å². The smallest absolute Gasteiger partial charge is 0.254 e. The first-order chi connectivity index (χ1) is 9.35. The Morgan fingerprint density at radius 3 is 2.50 bits per heavy atom. The summed E-state index contributed by atoms with van der Waals surface area (Å²) in [6.07, 6.45) is 0.506. The molecule has 0 radical (unpaired) electrons. The second kappa shape index (κ2) is 6.88. The third-order valence-corrected chi connectivity index (χ3v) is 2.83. The number of nitrogen functional groups attached to an aromatic ring is 1. The van der Waals surface area contributed by atoms with E-state index in [1.807, 2.05) is 13.8 Å². The number of nitrogens with two attached hydrogens (primary N) is 1. The van der Waals surface area contributed by atoms with E-state index in [0.717, 1.165) is 12.1 Å². The maximum Gasteiger partial charge on any atom is 0.254 e. The van der Waals surface area contributed by atoms with Gasteiger partial charge in [0.25, 0.3) is 5.91 Å². The third kappa shape index (κ3) is 4.22. The molecule has 0 saturated carbocycles. The standard InChI is InChI=1S/C14H20FN3O2/c1-8(2)6-12(14(20)17-3)18-13(19)10-5-4-9(15)7-11(10)16/h4-5,7-8,12H,6,16H2,1-3H3,(H,17,20)(H,18,19). The molecule has 5 nitrogen and oxygen atoms in total. The van der Waals surface area contributed by atoms with Crippen molar-refractivity contribution in [1.29, 1.82) is 0 Å². The van der Waals surface area contributed by atoms with Crippen LogP contribution in [0.2, 0.25) is 0 Å². The maximum absolute atomic E-state index is 13.0. The van der Waals surface area contributed by atoms with Crippen molar-refractivity contribution in [3.05, 3.63) is 29.6 Å². The predicted octanol–water partition coefficient (Wildman–Crippen LogP) is 1.30. The van der Waals surface area contributed by atoms with Gasteiger partial charge in [-0.1, -0.05) is 13.8 Å². The van der Waals surface area contributed by atoms with Crippen molar-refractivity contribution >= 4 is 17.5 Å². The van der Waals surface area contributed by atoms with E-state index in [4.69, 9.17) is 5.73 Å². The highest BCUT2D eigenvalue weighted by Gasteiger charge is 2.22. The molecule has 0 spiro atoms. The van der Waals surface area contributed by atoms with Crippen LogP contribution in [0.25, 0.3) is 0 Å². The molecule has 20 heavy (non-hydrogen) atoms. The molecule has 0 fully saturated rings. The molecule has 0 aromatic heterocycles. The Labute approximate surface area is 117 Å². The Kier molecular flexibility index (Phi) is 5.49. The van der Waals surface area contributed by atoms with Crippen molar-refractivity contribution < 1.29 is 14.0 Å². The number of carbonyl (C=O) groups is 2. The molecule has 1 rings (SSSR count). The van der Waals surface area contributed by atoms with Crippen LogP contribution in [-0.4, -0.2) is 24.9 Å². The highest BCUT2D eigenvalue weighted by atomic mass is 19.1. The second-order valence-electron chi connectivity index (χ2n) is 5.00. The van der Waals surface area contributed by atoms with Gasteiger partial charge in [0.2, 0.25) is 5.91 Å². The minimum absolute atomic E-state index is 0.0442. The summed E-state index contributed by atoms with van der Waals surface area (Å²) in [4.78, 5) is 23.8. The van der Waals surface area contributed by atoms with Gasteiger partial charge in [-0.2, -0.15) is 0 Å². The average molecular weight is 281 g/mol. The van der Waals surface area contributed by atoms with Gasteiger partial charge in [-0.05, 0) is 30.5 Å². The van der Waals surface area contributed by atoms with Gasteiger partial charge in [0.1, 0.15) is 11.9 Å². The van der Waals surface area contributed by atoms with Crippen molar-refractivity contribution in [2.24, 2.45) is 5.92 Å². The molecule has 0 heterocycles. The van der Waals surface area contributed by atoms with Gasteiger partial charge >= 0.3 is 0 Å². The van der Waals surface area contributed by atoms with Crippen LogP contribution in [0.1, 0.15) is 30.6 Å². The summed E-state index contributed by atoms with van der Waals surface area (Å²) in [5.74, 6) is -1.03. The first-order valence-electron chi connectivity index (χ1n) is 6.42. The zero-order chi connectivity index (χ0) is 15.3. The molecular formula is C14H20FN3O2. The zero-order valence-electron chi connectivity index (χ0n) is 11.9. The zero-order valence-corrected chi connectivity index (χ0v) is 11.9. The molecule has 0 aliphatic rings. The number of likely N-dealkylation sites (N-methyl/N-ethyl adjacent to an activating group) is 1. The summed E-state index contributed by atoms with van der Waals surface area (Å²) in [5.41, 5.74) is 5.81. The van der Waals surface area contributed by atoms with E-state index in [9.17, 15) is 14.0 Å². The Balaban J connectivity index is 2.87. The normalized spacial score (nSPS) is 12.1. The van der Waals surface area contributed by atoms with Gasteiger partial charge in [-0.15, -0.1) is 0 Å². The molecule has 1 atom stereocenters. The van der Waals surface area contributed by atoms with Gasteiger partial charge in [-0.25, -0.2) is 4.39 Å². The molecule has 0 bridgehead atoms. The second-order valence-corrected chi connectivity index (χ2v) is 5.00. The van der Waals surface area contributed by atoms with Crippen LogP contribution >= 0.6 is 0 Å². The highest BCUT2D eigenvalue weighted by Crippen LogP contribution is 2.14. The summed E-state index contributed by atoms with van der Waals surface area (Å²) in [6, 6.07) is 2.89. The quantitative estimate of drug-likeness (QED) is 0.711. The molecular weight excluding hydrogens is 261 g/mol. The van der Waals surface area contributed by atoms with Crippen molar-refractivity contribution in [2.45, 2.75) is 26.3 Å². The lowest BCUT2D eigenvalue weighted by Crippen LogP contribution is -2.46. The summed E-state index contributed by atoms with van der Waals surface area (Å²) in [5, 5.41) is 5.13. The molecule has 6 heteroatoms. The van der Waals surface area contributed by atoms with Crippen LogP contribution in [0.4, 0.5) is 10.1 Å². The monoisotopic (exact) mass is 281 g/mol. The number of nitrogens with one attached hydrogen (secondary N) is 2. The number of hydrogen-bond acceptors (Lipinski definition) is 3. The number of halogens is 1. The Morgan fingerprint density at radius 2 is 2.00 bits per heavy atom. The molecule has 1 aromatic carbocycles. The Morgan fingerprint density at radius 1 is 1.35 bits per heavy atom. The molecule has 1 unspecified atom stereocenters. The fourth-order valence-electron chi connectivity index (χ4n) is 1.85. The Hall–Kier alpha value is -2.11. The lowest BCUT2D eigenvalue weighted by atomic mass is 10.0. The Bertz CT molecular complexity index is 503. The molecule has 110 valence electrons. The van der Waals surface area contributed by atoms with Crippen LogP contribution in [0.15, 0.2) is 18.2 Å². The van der Waals surface area contributed by atoms with Gasteiger partial charge in [0, 0.05) is 12.7 Å². The topological polar surface area (TPSA) is 84.2 Å². The number of benzene rings is 1. The van der Waals surface area contributed by atoms with Gasteiger partial charge in [0.15, 0.2) is 0 Å². The third-order valence-electron chi connectivity index (χ3n) is 2.83. The van der Waals surface area contributed by atoms with Crippen molar-refractivity contribution in [2.75, 3.05) is 12.8 Å². The van der Waals surface area contributed by atoms with E-state index >= 15 is 0 Å². The predicted molar refractivity (Wildman–Crippen MR) is 75.6 cm³/mol. The summed E-state index contributed by atoms with van der Waals surface area (Å²) < 4.78 is 13.0. The molecule has 2 amide bonds.